The Labute approximate surface area is 316 Å². The van der Waals surface area contributed by atoms with Crippen LogP contribution in [0.25, 0.3) is 11.8 Å². The molecule has 12 heteroatoms. The molecule has 1 atom stereocenters. The molecule has 0 spiro atoms. The molecule has 1 aromatic heterocycles. The van der Waals surface area contributed by atoms with E-state index in [2.05, 4.69) is 5.32 Å². The van der Waals surface area contributed by atoms with Crippen LogP contribution in [0.4, 0.5) is 5.69 Å². The van der Waals surface area contributed by atoms with Crippen LogP contribution in [0.5, 0.6) is 23.0 Å². The molecule has 4 aromatic carbocycles. The zero-order chi connectivity index (χ0) is 38.0. The first-order valence-electron chi connectivity index (χ1n) is 17.8. The lowest BCUT2D eigenvalue weighted by atomic mass is 9.93. The van der Waals surface area contributed by atoms with Crippen LogP contribution < -0.4 is 39.2 Å². The maximum absolute atomic E-state index is 14.5. The Balaban J connectivity index is 1.45. The highest BCUT2D eigenvalue weighted by molar-refractivity contribution is 7.07. The van der Waals surface area contributed by atoms with Gasteiger partial charge in [-0.1, -0.05) is 72.0 Å². The van der Waals surface area contributed by atoms with Gasteiger partial charge in [0, 0.05) is 11.3 Å². The van der Waals surface area contributed by atoms with Crippen molar-refractivity contribution in [2.45, 2.75) is 33.7 Å². The summed E-state index contributed by atoms with van der Waals surface area (Å²) in [5, 5.41) is 2.80. The number of esters is 1. The van der Waals surface area contributed by atoms with Gasteiger partial charge in [0.1, 0.15) is 0 Å². The molecule has 1 unspecified atom stereocenters. The van der Waals surface area contributed by atoms with Crippen LogP contribution in [0, 0.1) is 0 Å². The van der Waals surface area contributed by atoms with Crippen molar-refractivity contribution in [1.82, 2.24) is 4.57 Å². The average molecular weight is 748 g/mol. The number of ether oxygens (including phenoxy) is 5. The van der Waals surface area contributed by atoms with E-state index in [-0.39, 0.29) is 30.3 Å². The number of thiazole rings is 1. The van der Waals surface area contributed by atoms with Gasteiger partial charge in [-0.15, -0.1) is 0 Å². The summed E-state index contributed by atoms with van der Waals surface area (Å²) < 4.78 is 31.0. The molecule has 6 rings (SSSR count). The Bertz CT molecular complexity index is 2330. The predicted molar refractivity (Wildman–Crippen MR) is 208 cm³/mol. The smallest absolute Gasteiger partial charge is 0.338 e. The molecule has 0 saturated heterocycles. The van der Waals surface area contributed by atoms with Crippen molar-refractivity contribution >= 4 is 40.7 Å². The van der Waals surface area contributed by atoms with Crippen molar-refractivity contribution in [1.29, 1.82) is 0 Å². The molecule has 1 amide bonds. The van der Waals surface area contributed by atoms with Gasteiger partial charge in [0.05, 0.1) is 48.3 Å². The van der Waals surface area contributed by atoms with Crippen LogP contribution in [-0.2, 0) is 14.3 Å². The Kier molecular flexibility index (Phi) is 12.2. The number of amides is 1. The van der Waals surface area contributed by atoms with E-state index in [1.54, 1.807) is 55.5 Å². The second-order valence-electron chi connectivity index (χ2n) is 11.8. The van der Waals surface area contributed by atoms with E-state index in [9.17, 15) is 14.4 Å². The van der Waals surface area contributed by atoms with E-state index in [1.165, 1.54) is 15.9 Å². The molecule has 278 valence electrons. The van der Waals surface area contributed by atoms with Crippen LogP contribution in [0.2, 0.25) is 0 Å². The maximum atomic E-state index is 14.5. The van der Waals surface area contributed by atoms with Crippen LogP contribution in [0.3, 0.4) is 0 Å². The first-order valence-corrected chi connectivity index (χ1v) is 18.6. The third kappa shape index (κ3) is 8.39. The first-order chi connectivity index (χ1) is 26.3. The number of hydrogen-bond donors (Lipinski definition) is 1. The minimum Gasteiger partial charge on any atom is -0.490 e. The molecule has 11 nitrogen and oxygen atoms in total. The first kappa shape index (κ1) is 37.6. The lowest BCUT2D eigenvalue weighted by molar-refractivity contribution is -0.138. The third-order valence-corrected chi connectivity index (χ3v) is 9.22. The second kappa shape index (κ2) is 17.6. The topological polar surface area (TPSA) is 127 Å². The molecular weight excluding hydrogens is 707 g/mol. The van der Waals surface area contributed by atoms with Crippen molar-refractivity contribution in [2.75, 3.05) is 38.4 Å². The lowest BCUT2D eigenvalue weighted by Gasteiger charge is -2.26. The zero-order valence-corrected chi connectivity index (χ0v) is 31.3. The number of benzene rings is 4. The van der Waals surface area contributed by atoms with Crippen LogP contribution >= 0.6 is 11.3 Å². The average Bonchev–Trinajstić information content (AvgIpc) is 3.49. The highest BCUT2D eigenvalue weighted by Gasteiger charge is 2.35. The Morgan fingerprint density at radius 2 is 1.39 bits per heavy atom. The standard InChI is InChI=1S/C42H41N3O8S/c1-5-49-31-22-20-29(25-34(31)51-7-3)39-37(41(48)52-8-4)38(28-15-11-9-12-16-28)44-42-45(39)40(47)35(54-42)24-27-19-21-32(33(23-27)50-6-2)53-26-36(46)43-30-17-13-10-14-18-30/h9-25,39H,5-8,26H2,1-4H3,(H,43,46)/b35-24-. The number of rotatable bonds is 15. The van der Waals surface area contributed by atoms with E-state index >= 15 is 0 Å². The van der Waals surface area contributed by atoms with Crippen molar-refractivity contribution in [3.8, 4) is 23.0 Å². The highest BCUT2D eigenvalue weighted by atomic mass is 32.1. The van der Waals surface area contributed by atoms with E-state index in [0.29, 0.717) is 80.2 Å². The largest absolute Gasteiger partial charge is 0.490 e. The number of nitrogens with one attached hydrogen (secondary N) is 1. The molecule has 0 bridgehead atoms. The van der Waals surface area contributed by atoms with Crippen LogP contribution in [0.15, 0.2) is 112 Å². The van der Waals surface area contributed by atoms with Gasteiger partial charge in [0.2, 0.25) is 0 Å². The van der Waals surface area contributed by atoms with Gasteiger partial charge in [0.25, 0.3) is 11.5 Å². The van der Waals surface area contributed by atoms with Crippen molar-refractivity contribution in [2.24, 2.45) is 4.99 Å². The normalized spacial score (nSPS) is 13.8. The van der Waals surface area contributed by atoms with Crippen molar-refractivity contribution < 1.29 is 33.3 Å². The fourth-order valence-electron chi connectivity index (χ4n) is 6.01. The maximum Gasteiger partial charge on any atom is 0.338 e. The van der Waals surface area contributed by atoms with Crippen LogP contribution in [-0.4, -0.2) is 49.5 Å². The van der Waals surface area contributed by atoms with Gasteiger partial charge < -0.3 is 29.0 Å². The molecule has 1 N–H and O–H groups in total. The third-order valence-electron chi connectivity index (χ3n) is 8.24. The van der Waals surface area contributed by atoms with Gasteiger partial charge >= 0.3 is 5.97 Å². The molecule has 0 radical (unpaired) electrons. The van der Waals surface area contributed by atoms with Gasteiger partial charge in [0.15, 0.2) is 34.4 Å². The number of anilines is 1. The highest BCUT2D eigenvalue weighted by Crippen LogP contribution is 2.39. The fraction of sp³-hybridized carbons (Fsp3) is 0.238. The molecule has 5 aromatic rings. The fourth-order valence-corrected chi connectivity index (χ4v) is 7.01. The molecule has 0 saturated carbocycles. The molecule has 1 aliphatic heterocycles. The summed E-state index contributed by atoms with van der Waals surface area (Å²) in [6.45, 7) is 8.42. The van der Waals surface area contributed by atoms with Crippen molar-refractivity contribution in [3.05, 3.63) is 139 Å². The zero-order valence-electron chi connectivity index (χ0n) is 30.5. The lowest BCUT2D eigenvalue weighted by Crippen LogP contribution is -2.40. The molecule has 2 heterocycles. The summed E-state index contributed by atoms with van der Waals surface area (Å²) in [7, 11) is 0. The molecular formula is C42H41N3O8S. The monoisotopic (exact) mass is 747 g/mol. The quantitative estimate of drug-likeness (QED) is 0.127. The van der Waals surface area contributed by atoms with E-state index < -0.39 is 12.0 Å². The number of para-hydroxylation sites is 1. The molecule has 0 aliphatic carbocycles. The Morgan fingerprint density at radius 3 is 2.07 bits per heavy atom. The van der Waals surface area contributed by atoms with Gasteiger partial charge in [-0.25, -0.2) is 9.79 Å². The van der Waals surface area contributed by atoms with E-state index in [1.807, 2.05) is 75.4 Å². The number of carbonyl (C=O) groups excluding carboxylic acids is 2. The Hall–Kier alpha value is -6.14. The summed E-state index contributed by atoms with van der Waals surface area (Å²) in [5.74, 6) is 0.935. The number of nitrogens with zero attached hydrogens (tertiary/aromatic N) is 2. The number of hydrogen-bond acceptors (Lipinski definition) is 10. The number of fused-ring (bicyclic) bond motifs is 1. The minimum atomic E-state index is -0.899. The van der Waals surface area contributed by atoms with E-state index in [0.717, 1.165) is 0 Å². The summed E-state index contributed by atoms with van der Waals surface area (Å²) in [5.41, 5.74) is 2.94. The second-order valence-corrected chi connectivity index (χ2v) is 12.9. The SMILES string of the molecule is CCOC(=O)C1=C(c2ccccc2)N=c2s/c(=C\c3ccc(OCC(=O)Nc4ccccc4)c(OCC)c3)c(=O)n2C1c1ccc(OCC)c(OCC)c1. The van der Waals surface area contributed by atoms with Gasteiger partial charge in [-0.3, -0.25) is 14.2 Å². The predicted octanol–water partition coefficient (Wildman–Crippen LogP) is 6.15. The molecule has 1 aliphatic rings. The molecule has 54 heavy (non-hydrogen) atoms. The minimum absolute atomic E-state index is 0.134. The van der Waals surface area contributed by atoms with E-state index in [4.69, 9.17) is 28.7 Å². The number of carbonyl (C=O) groups is 2. The summed E-state index contributed by atoms with van der Waals surface area (Å²) in [6, 6.07) is 28.2. The Morgan fingerprint density at radius 1 is 0.759 bits per heavy atom. The number of aromatic nitrogens is 1. The van der Waals surface area contributed by atoms with Crippen molar-refractivity contribution in [3.63, 3.8) is 0 Å². The van der Waals surface area contributed by atoms with Crippen LogP contribution in [0.1, 0.15) is 50.4 Å². The summed E-state index contributed by atoms with van der Waals surface area (Å²) >= 11 is 1.21. The van der Waals surface area contributed by atoms with Gasteiger partial charge in [-0.2, -0.15) is 0 Å². The summed E-state index contributed by atoms with van der Waals surface area (Å²) in [4.78, 5) is 46.3. The van der Waals surface area contributed by atoms with Gasteiger partial charge in [-0.05, 0) is 81.3 Å². The molecule has 0 fully saturated rings. The summed E-state index contributed by atoms with van der Waals surface area (Å²) in [6.07, 6.45) is 1.75.